The van der Waals surface area contributed by atoms with E-state index < -0.39 is 0 Å². The second-order valence-corrected chi connectivity index (χ2v) is 4.24. The summed E-state index contributed by atoms with van der Waals surface area (Å²) in [5.74, 6) is 0. The van der Waals surface area contributed by atoms with E-state index in [0.29, 0.717) is 6.04 Å². The van der Waals surface area contributed by atoms with Gasteiger partial charge in [0.05, 0.1) is 5.69 Å². The molecule has 2 aromatic rings. The maximum Gasteiger partial charge on any atom is 0.0641 e. The average molecular weight is 230 g/mol. The number of aryl methyl sites for hydroxylation is 2. The quantitative estimate of drug-likeness (QED) is 0.868. The van der Waals surface area contributed by atoms with Crippen LogP contribution in [0.1, 0.15) is 22.9 Å². The van der Waals surface area contributed by atoms with Crippen molar-refractivity contribution >= 4 is 0 Å². The predicted molar refractivity (Wildman–Crippen MR) is 67.7 cm³/mol. The van der Waals surface area contributed by atoms with Gasteiger partial charge in [-0.1, -0.05) is 0 Å². The Hall–Kier alpha value is -1.68. The number of nitrogens with zero attached hydrogens (tertiary/aromatic N) is 3. The molecule has 0 saturated carbocycles. The van der Waals surface area contributed by atoms with E-state index in [1.807, 2.05) is 38.1 Å². The van der Waals surface area contributed by atoms with Crippen LogP contribution in [0.4, 0.5) is 0 Å². The summed E-state index contributed by atoms with van der Waals surface area (Å²) in [6, 6.07) is 4.40. The van der Waals surface area contributed by atoms with Gasteiger partial charge in [0.2, 0.25) is 0 Å². The lowest BCUT2D eigenvalue weighted by Crippen LogP contribution is -2.19. The Balaban J connectivity index is 2.20. The fourth-order valence-electron chi connectivity index (χ4n) is 2.08. The van der Waals surface area contributed by atoms with Crippen LogP contribution in [0.2, 0.25) is 0 Å². The molecule has 1 N–H and O–H groups in total. The van der Waals surface area contributed by atoms with Gasteiger partial charge in [-0.25, -0.2) is 0 Å². The highest BCUT2D eigenvalue weighted by Crippen LogP contribution is 2.20. The van der Waals surface area contributed by atoms with Gasteiger partial charge < -0.3 is 5.32 Å². The van der Waals surface area contributed by atoms with Gasteiger partial charge >= 0.3 is 0 Å². The topological polar surface area (TPSA) is 42.7 Å². The predicted octanol–water partition coefficient (Wildman–Crippen LogP) is 1.63. The van der Waals surface area contributed by atoms with Crippen molar-refractivity contribution in [3.63, 3.8) is 0 Å². The van der Waals surface area contributed by atoms with E-state index in [2.05, 4.69) is 33.7 Å². The number of hydrogen-bond acceptors (Lipinski definition) is 3. The summed E-state index contributed by atoms with van der Waals surface area (Å²) in [6.45, 7) is 2.05. The molecule has 1 atom stereocenters. The molecule has 2 aromatic heterocycles. The molecule has 0 bridgehead atoms. The Kier molecular flexibility index (Phi) is 3.54. The van der Waals surface area contributed by atoms with Crippen molar-refractivity contribution in [3.05, 3.63) is 47.5 Å². The van der Waals surface area contributed by atoms with Crippen LogP contribution in [0, 0.1) is 6.92 Å². The van der Waals surface area contributed by atoms with E-state index in [9.17, 15) is 0 Å². The first-order valence-electron chi connectivity index (χ1n) is 5.77. The number of pyridine rings is 1. The standard InChI is InChI=1S/C13H18N4/c1-10-12(9-17(3)16-10)13(14-2)8-11-4-6-15-7-5-11/h4-7,9,13-14H,8H2,1-3H3. The normalized spacial score (nSPS) is 12.6. The van der Waals surface area contributed by atoms with Crippen LogP contribution in [0.3, 0.4) is 0 Å². The summed E-state index contributed by atoms with van der Waals surface area (Å²) in [6.07, 6.45) is 6.69. The Bertz CT molecular complexity index is 475. The van der Waals surface area contributed by atoms with E-state index in [4.69, 9.17) is 0 Å². The Morgan fingerprint density at radius 3 is 2.59 bits per heavy atom. The summed E-state index contributed by atoms with van der Waals surface area (Å²) in [5, 5.41) is 7.73. The van der Waals surface area contributed by atoms with Gasteiger partial charge in [0, 0.05) is 37.2 Å². The highest BCUT2D eigenvalue weighted by atomic mass is 15.3. The van der Waals surface area contributed by atoms with Gasteiger partial charge in [0.25, 0.3) is 0 Å². The van der Waals surface area contributed by atoms with Crippen molar-refractivity contribution in [2.24, 2.45) is 7.05 Å². The summed E-state index contributed by atoms with van der Waals surface area (Å²) in [4.78, 5) is 4.04. The number of likely N-dealkylation sites (N-methyl/N-ethyl adjacent to an activating group) is 1. The maximum atomic E-state index is 4.39. The third kappa shape index (κ3) is 2.71. The maximum absolute atomic E-state index is 4.39. The molecule has 4 nitrogen and oxygen atoms in total. The molecule has 1 unspecified atom stereocenters. The van der Waals surface area contributed by atoms with Crippen molar-refractivity contribution < 1.29 is 0 Å². The molecule has 0 spiro atoms. The number of rotatable bonds is 4. The molecule has 0 aromatic carbocycles. The molecule has 0 amide bonds. The molecule has 0 aliphatic heterocycles. The van der Waals surface area contributed by atoms with Crippen LogP contribution in [-0.2, 0) is 13.5 Å². The number of hydrogen-bond donors (Lipinski definition) is 1. The minimum atomic E-state index is 0.297. The second kappa shape index (κ2) is 5.10. The van der Waals surface area contributed by atoms with E-state index in [-0.39, 0.29) is 0 Å². The van der Waals surface area contributed by atoms with Crippen LogP contribution in [0.15, 0.2) is 30.7 Å². The first-order valence-corrected chi connectivity index (χ1v) is 5.77. The monoisotopic (exact) mass is 230 g/mol. The van der Waals surface area contributed by atoms with E-state index >= 15 is 0 Å². The van der Waals surface area contributed by atoms with E-state index in [0.717, 1.165) is 12.1 Å². The molecule has 17 heavy (non-hydrogen) atoms. The molecule has 2 rings (SSSR count). The molecule has 4 heteroatoms. The van der Waals surface area contributed by atoms with Crippen LogP contribution in [0.5, 0.6) is 0 Å². The number of aromatic nitrogens is 3. The van der Waals surface area contributed by atoms with Crippen LogP contribution >= 0.6 is 0 Å². The van der Waals surface area contributed by atoms with E-state index in [1.165, 1.54) is 11.1 Å². The van der Waals surface area contributed by atoms with Crippen LogP contribution < -0.4 is 5.32 Å². The van der Waals surface area contributed by atoms with Crippen molar-refractivity contribution in [2.45, 2.75) is 19.4 Å². The van der Waals surface area contributed by atoms with Crippen molar-refractivity contribution in [1.82, 2.24) is 20.1 Å². The zero-order valence-electron chi connectivity index (χ0n) is 10.5. The van der Waals surface area contributed by atoms with Crippen LogP contribution in [-0.4, -0.2) is 21.8 Å². The van der Waals surface area contributed by atoms with Crippen molar-refractivity contribution in [2.75, 3.05) is 7.05 Å². The van der Waals surface area contributed by atoms with Gasteiger partial charge in [0.15, 0.2) is 0 Å². The summed E-state index contributed by atoms with van der Waals surface area (Å²) in [7, 11) is 3.94. The minimum Gasteiger partial charge on any atom is -0.313 e. The van der Waals surface area contributed by atoms with Gasteiger partial charge in [0.1, 0.15) is 0 Å². The molecule has 0 aliphatic rings. The molecule has 2 heterocycles. The summed E-state index contributed by atoms with van der Waals surface area (Å²) < 4.78 is 1.86. The van der Waals surface area contributed by atoms with Crippen molar-refractivity contribution in [1.29, 1.82) is 0 Å². The first kappa shape index (κ1) is 11.8. The van der Waals surface area contributed by atoms with Gasteiger partial charge in [-0.15, -0.1) is 0 Å². The first-order chi connectivity index (χ1) is 8.20. The lowest BCUT2D eigenvalue weighted by Gasteiger charge is -2.15. The number of nitrogens with one attached hydrogen (secondary N) is 1. The molecule has 0 saturated heterocycles. The third-order valence-electron chi connectivity index (χ3n) is 2.96. The second-order valence-electron chi connectivity index (χ2n) is 4.24. The lowest BCUT2D eigenvalue weighted by molar-refractivity contribution is 0.588. The van der Waals surface area contributed by atoms with Crippen LogP contribution in [0.25, 0.3) is 0 Å². The summed E-state index contributed by atoms with van der Waals surface area (Å²) in [5.41, 5.74) is 3.62. The fraction of sp³-hybridized carbons (Fsp3) is 0.385. The zero-order valence-corrected chi connectivity index (χ0v) is 10.5. The fourth-order valence-corrected chi connectivity index (χ4v) is 2.08. The molecular weight excluding hydrogens is 212 g/mol. The Labute approximate surface area is 102 Å². The molecule has 0 fully saturated rings. The molecule has 0 radical (unpaired) electrons. The highest BCUT2D eigenvalue weighted by Gasteiger charge is 2.15. The molecule has 0 aliphatic carbocycles. The highest BCUT2D eigenvalue weighted by molar-refractivity contribution is 5.23. The SMILES string of the molecule is CNC(Cc1ccncc1)c1cn(C)nc1C. The minimum absolute atomic E-state index is 0.297. The Morgan fingerprint density at radius 2 is 2.06 bits per heavy atom. The lowest BCUT2D eigenvalue weighted by atomic mass is 10.0. The zero-order chi connectivity index (χ0) is 12.3. The smallest absolute Gasteiger partial charge is 0.0641 e. The van der Waals surface area contributed by atoms with E-state index in [1.54, 1.807) is 0 Å². The molecular formula is C13H18N4. The third-order valence-corrected chi connectivity index (χ3v) is 2.96. The Morgan fingerprint density at radius 1 is 1.35 bits per heavy atom. The largest absolute Gasteiger partial charge is 0.313 e. The van der Waals surface area contributed by atoms with Gasteiger partial charge in [-0.05, 0) is 38.1 Å². The average Bonchev–Trinajstić information content (AvgIpc) is 2.67. The van der Waals surface area contributed by atoms with Crippen molar-refractivity contribution in [3.8, 4) is 0 Å². The van der Waals surface area contributed by atoms with Gasteiger partial charge in [-0.3, -0.25) is 9.67 Å². The summed E-state index contributed by atoms with van der Waals surface area (Å²) >= 11 is 0. The van der Waals surface area contributed by atoms with Gasteiger partial charge in [-0.2, -0.15) is 5.10 Å². The molecule has 90 valence electrons.